The maximum atomic E-state index is 12.2. The molecule has 0 radical (unpaired) electrons. The number of hydrogen-bond donors (Lipinski definition) is 1. The van der Waals surface area contributed by atoms with Crippen molar-refractivity contribution < 1.29 is 27.4 Å². The van der Waals surface area contributed by atoms with Crippen molar-refractivity contribution in [2.24, 2.45) is 4.99 Å². The Morgan fingerprint density at radius 1 is 1.21 bits per heavy atom. The van der Waals surface area contributed by atoms with Crippen molar-refractivity contribution in [1.82, 2.24) is 10.2 Å². The number of benzene rings is 1. The van der Waals surface area contributed by atoms with E-state index in [1.165, 1.54) is 12.1 Å². The van der Waals surface area contributed by atoms with Crippen LogP contribution in [0, 0.1) is 0 Å². The van der Waals surface area contributed by atoms with Gasteiger partial charge >= 0.3 is 6.18 Å². The molecular weight excluding hydrogens is 387 g/mol. The first-order valence-electron chi connectivity index (χ1n) is 9.99. The predicted molar refractivity (Wildman–Crippen MR) is 103 cm³/mol. The first-order valence-corrected chi connectivity index (χ1v) is 9.99. The van der Waals surface area contributed by atoms with Crippen LogP contribution in [-0.4, -0.2) is 68.7 Å². The molecule has 2 fully saturated rings. The van der Waals surface area contributed by atoms with Crippen molar-refractivity contribution in [2.45, 2.75) is 44.7 Å². The Bertz CT molecular complexity index is 661. The maximum Gasteiger partial charge on any atom is 0.422 e. The molecule has 2 aliphatic heterocycles. The van der Waals surface area contributed by atoms with Crippen LogP contribution in [0.15, 0.2) is 29.3 Å². The van der Waals surface area contributed by atoms with Crippen LogP contribution in [0.1, 0.15) is 25.3 Å². The Balaban J connectivity index is 1.58. The molecule has 3 rings (SSSR count). The van der Waals surface area contributed by atoms with Gasteiger partial charge in [0.1, 0.15) is 11.9 Å². The zero-order valence-electron chi connectivity index (χ0n) is 16.6. The molecule has 162 valence electrons. The zero-order valence-corrected chi connectivity index (χ0v) is 16.6. The van der Waals surface area contributed by atoms with E-state index in [1.807, 2.05) is 6.92 Å². The van der Waals surface area contributed by atoms with Gasteiger partial charge in [0, 0.05) is 26.2 Å². The van der Waals surface area contributed by atoms with Crippen molar-refractivity contribution in [3.8, 4) is 5.75 Å². The summed E-state index contributed by atoms with van der Waals surface area (Å²) >= 11 is 0. The third-order valence-electron chi connectivity index (χ3n) is 4.84. The molecule has 2 atom stereocenters. The molecule has 0 bridgehead atoms. The average Bonchev–Trinajstić information content (AvgIpc) is 3.25. The fourth-order valence-corrected chi connectivity index (χ4v) is 3.44. The van der Waals surface area contributed by atoms with Crippen LogP contribution >= 0.6 is 0 Å². The van der Waals surface area contributed by atoms with Crippen LogP contribution in [0.5, 0.6) is 5.75 Å². The van der Waals surface area contributed by atoms with Gasteiger partial charge in [0.2, 0.25) is 0 Å². The standard InChI is InChI=1S/C20H28F3N3O3/c1-2-24-19(26-9-11-28-18(13-26)17-4-3-10-27-17)25-12-15-5-7-16(8-6-15)29-14-20(21,22)23/h5-8,17-18H,2-4,9-14H2,1H3,(H,24,25). The highest BCUT2D eigenvalue weighted by Crippen LogP contribution is 2.22. The van der Waals surface area contributed by atoms with Gasteiger partial charge in [0.25, 0.3) is 0 Å². The normalized spacial score (nSPS) is 23.3. The maximum absolute atomic E-state index is 12.2. The Morgan fingerprint density at radius 2 is 1.97 bits per heavy atom. The fraction of sp³-hybridized carbons (Fsp3) is 0.650. The highest BCUT2D eigenvalue weighted by atomic mass is 19.4. The molecule has 2 aliphatic rings. The lowest BCUT2D eigenvalue weighted by Crippen LogP contribution is -2.53. The van der Waals surface area contributed by atoms with E-state index in [9.17, 15) is 13.2 Å². The van der Waals surface area contributed by atoms with Gasteiger partial charge in [-0.05, 0) is 37.5 Å². The van der Waals surface area contributed by atoms with Gasteiger partial charge in [-0.1, -0.05) is 12.1 Å². The van der Waals surface area contributed by atoms with Crippen LogP contribution in [0.25, 0.3) is 0 Å². The fourth-order valence-electron chi connectivity index (χ4n) is 3.44. The summed E-state index contributed by atoms with van der Waals surface area (Å²) in [7, 11) is 0. The topological polar surface area (TPSA) is 55.3 Å². The van der Waals surface area contributed by atoms with E-state index in [-0.39, 0.29) is 18.0 Å². The molecule has 0 aliphatic carbocycles. The van der Waals surface area contributed by atoms with E-state index < -0.39 is 12.8 Å². The lowest BCUT2D eigenvalue weighted by molar-refractivity contribution is -0.153. The lowest BCUT2D eigenvalue weighted by atomic mass is 10.1. The molecule has 0 amide bonds. The molecule has 6 nitrogen and oxygen atoms in total. The molecule has 29 heavy (non-hydrogen) atoms. The van der Waals surface area contributed by atoms with E-state index in [0.717, 1.165) is 50.6 Å². The van der Waals surface area contributed by atoms with Gasteiger partial charge in [-0.3, -0.25) is 0 Å². The van der Waals surface area contributed by atoms with Crippen LogP contribution in [0.2, 0.25) is 0 Å². The van der Waals surface area contributed by atoms with Crippen molar-refractivity contribution in [3.63, 3.8) is 0 Å². The molecule has 1 aromatic rings. The number of nitrogens with zero attached hydrogens (tertiary/aromatic N) is 2. The van der Waals surface area contributed by atoms with E-state index in [1.54, 1.807) is 12.1 Å². The quantitative estimate of drug-likeness (QED) is 0.572. The average molecular weight is 415 g/mol. The first kappa shape index (κ1) is 21.7. The molecule has 9 heteroatoms. The van der Waals surface area contributed by atoms with E-state index in [0.29, 0.717) is 13.2 Å². The van der Waals surface area contributed by atoms with Crippen LogP contribution in [0.3, 0.4) is 0 Å². The second-order valence-electron chi connectivity index (χ2n) is 7.12. The minimum Gasteiger partial charge on any atom is -0.484 e. The van der Waals surface area contributed by atoms with Gasteiger partial charge in [0.05, 0.1) is 19.3 Å². The summed E-state index contributed by atoms with van der Waals surface area (Å²) in [6.07, 6.45) is -2.07. The molecule has 2 heterocycles. The summed E-state index contributed by atoms with van der Waals surface area (Å²) in [6.45, 7) is 4.77. The Labute approximate surface area is 169 Å². The summed E-state index contributed by atoms with van der Waals surface area (Å²) in [5, 5.41) is 3.31. The number of aliphatic imine (C=N–C) groups is 1. The smallest absolute Gasteiger partial charge is 0.422 e. The summed E-state index contributed by atoms with van der Waals surface area (Å²) in [6, 6.07) is 6.53. The third-order valence-corrected chi connectivity index (χ3v) is 4.84. The van der Waals surface area contributed by atoms with Gasteiger partial charge in [-0.2, -0.15) is 13.2 Å². The van der Waals surface area contributed by atoms with E-state index in [4.69, 9.17) is 19.2 Å². The number of rotatable bonds is 6. The molecule has 0 spiro atoms. The number of guanidine groups is 1. The Kier molecular flexibility index (Phi) is 7.60. The monoisotopic (exact) mass is 415 g/mol. The number of hydrogen-bond acceptors (Lipinski definition) is 4. The largest absolute Gasteiger partial charge is 0.484 e. The Hall–Kier alpha value is -2.00. The molecule has 1 N–H and O–H groups in total. The minimum absolute atomic E-state index is 0.0418. The van der Waals surface area contributed by atoms with Gasteiger partial charge in [-0.15, -0.1) is 0 Å². The van der Waals surface area contributed by atoms with Crippen molar-refractivity contribution in [2.75, 3.05) is 39.5 Å². The molecular formula is C20H28F3N3O3. The van der Waals surface area contributed by atoms with Crippen LogP contribution < -0.4 is 10.1 Å². The number of ether oxygens (including phenoxy) is 3. The Morgan fingerprint density at radius 3 is 2.62 bits per heavy atom. The van der Waals surface area contributed by atoms with E-state index in [2.05, 4.69) is 10.2 Å². The third kappa shape index (κ3) is 6.78. The second-order valence-corrected chi connectivity index (χ2v) is 7.12. The summed E-state index contributed by atoms with van der Waals surface area (Å²) in [5.74, 6) is 0.991. The minimum atomic E-state index is -4.34. The van der Waals surface area contributed by atoms with Crippen molar-refractivity contribution in [3.05, 3.63) is 29.8 Å². The van der Waals surface area contributed by atoms with Crippen molar-refractivity contribution in [1.29, 1.82) is 0 Å². The van der Waals surface area contributed by atoms with Gasteiger partial charge in [0.15, 0.2) is 12.6 Å². The number of morpholine rings is 1. The number of nitrogens with one attached hydrogen (secondary N) is 1. The summed E-state index contributed by atoms with van der Waals surface area (Å²) < 4.78 is 53.1. The van der Waals surface area contributed by atoms with E-state index >= 15 is 0 Å². The highest BCUT2D eigenvalue weighted by Gasteiger charge is 2.32. The molecule has 0 saturated carbocycles. The van der Waals surface area contributed by atoms with Gasteiger partial charge in [-0.25, -0.2) is 4.99 Å². The first-order chi connectivity index (χ1) is 13.9. The summed E-state index contributed by atoms with van der Waals surface area (Å²) in [5.41, 5.74) is 0.892. The number of halogens is 3. The molecule has 2 unspecified atom stereocenters. The molecule has 1 aromatic carbocycles. The zero-order chi connectivity index (χ0) is 20.7. The van der Waals surface area contributed by atoms with Crippen molar-refractivity contribution >= 4 is 5.96 Å². The van der Waals surface area contributed by atoms with Crippen LogP contribution in [0.4, 0.5) is 13.2 Å². The summed E-state index contributed by atoms with van der Waals surface area (Å²) in [4.78, 5) is 6.88. The lowest BCUT2D eigenvalue weighted by Gasteiger charge is -2.37. The van der Waals surface area contributed by atoms with Crippen LogP contribution in [-0.2, 0) is 16.0 Å². The molecule has 0 aromatic heterocycles. The molecule has 2 saturated heterocycles. The highest BCUT2D eigenvalue weighted by molar-refractivity contribution is 5.80. The van der Waals surface area contributed by atoms with Gasteiger partial charge < -0.3 is 24.4 Å². The SMILES string of the molecule is CCNC(=NCc1ccc(OCC(F)(F)F)cc1)N1CCOC(C2CCCO2)C1. The number of alkyl halides is 3. The predicted octanol–water partition coefficient (Wildman–Crippen LogP) is 2.97. The second kappa shape index (κ2) is 10.2.